The fourth-order valence-electron chi connectivity index (χ4n) is 5.17. The maximum atomic E-state index is 13.9. The van der Waals surface area contributed by atoms with Gasteiger partial charge in [0, 0.05) is 12.5 Å². The van der Waals surface area contributed by atoms with Crippen LogP contribution in [0.25, 0.3) is 0 Å². The van der Waals surface area contributed by atoms with Crippen molar-refractivity contribution in [2.75, 3.05) is 6.54 Å². The van der Waals surface area contributed by atoms with Crippen molar-refractivity contribution in [1.82, 2.24) is 14.7 Å². The zero-order valence-electron chi connectivity index (χ0n) is 17.3. The second-order valence-corrected chi connectivity index (χ2v) is 8.38. The summed E-state index contributed by atoms with van der Waals surface area (Å²) in [5, 5.41) is 14.7. The van der Waals surface area contributed by atoms with Gasteiger partial charge in [0.15, 0.2) is 11.4 Å². The van der Waals surface area contributed by atoms with Gasteiger partial charge in [0.1, 0.15) is 11.6 Å². The first-order valence-corrected chi connectivity index (χ1v) is 10.5. The Labute approximate surface area is 182 Å². The fourth-order valence-corrected chi connectivity index (χ4v) is 5.17. The van der Waals surface area contributed by atoms with Crippen LogP contribution in [0.5, 0.6) is 5.75 Å². The molecule has 1 amide bonds. The molecule has 1 N–H and O–H groups in total. The van der Waals surface area contributed by atoms with Crippen molar-refractivity contribution in [3.05, 3.63) is 92.9 Å². The van der Waals surface area contributed by atoms with E-state index in [2.05, 4.69) is 5.10 Å². The van der Waals surface area contributed by atoms with E-state index in [1.807, 2.05) is 0 Å². The maximum Gasteiger partial charge on any atom is 0.276 e. The number of hydrogen-bond acceptors (Lipinski definition) is 4. The van der Waals surface area contributed by atoms with Crippen LogP contribution in [-0.2, 0) is 0 Å². The number of aromatic nitrogens is 2. The quantitative estimate of drug-likeness (QED) is 0.680. The number of aryl methyl sites for hydroxylation is 1. The molecule has 3 heterocycles. The monoisotopic (exact) mass is 437 g/mol. The predicted octanol–water partition coefficient (Wildman–Crippen LogP) is 3.53. The molecule has 0 spiro atoms. The minimum absolute atomic E-state index is 0.146. The number of aromatic hydroxyl groups is 1. The minimum Gasteiger partial charge on any atom is -0.502 e. The van der Waals surface area contributed by atoms with Crippen molar-refractivity contribution in [2.24, 2.45) is 0 Å². The molecular weight excluding hydrogens is 416 g/mol. The highest BCUT2D eigenvalue weighted by molar-refractivity contribution is 5.96. The van der Waals surface area contributed by atoms with Crippen molar-refractivity contribution >= 4 is 5.91 Å². The van der Waals surface area contributed by atoms with Gasteiger partial charge in [-0.3, -0.25) is 14.3 Å². The number of carbonyl (C=O) groups excluding carboxylic acids is 1. The molecule has 0 bridgehead atoms. The zero-order chi connectivity index (χ0) is 22.6. The van der Waals surface area contributed by atoms with E-state index in [-0.39, 0.29) is 23.4 Å². The SMILES string of the molecule is Cc1cc(F)ccc1C(c1ccc(F)cc1)[C@H]1[C@H]2CCCN2C(=O)c2c(O)c(=O)cnn21. The van der Waals surface area contributed by atoms with Gasteiger partial charge in [-0.25, -0.2) is 8.78 Å². The number of fused-ring (bicyclic) bond motifs is 2. The molecule has 2 aromatic carbocycles. The van der Waals surface area contributed by atoms with Crippen LogP contribution in [0.2, 0.25) is 0 Å². The number of halogens is 2. The van der Waals surface area contributed by atoms with Crippen LogP contribution < -0.4 is 5.43 Å². The summed E-state index contributed by atoms with van der Waals surface area (Å²) in [5.74, 6) is -2.24. The van der Waals surface area contributed by atoms with Crippen molar-refractivity contribution in [3.63, 3.8) is 0 Å². The first-order valence-electron chi connectivity index (χ1n) is 10.5. The lowest BCUT2D eigenvalue weighted by Crippen LogP contribution is -2.51. The maximum absolute atomic E-state index is 13.9. The fraction of sp³-hybridized carbons (Fsp3) is 0.292. The summed E-state index contributed by atoms with van der Waals surface area (Å²) in [5.41, 5.74) is 1.39. The highest BCUT2D eigenvalue weighted by Gasteiger charge is 2.48. The summed E-state index contributed by atoms with van der Waals surface area (Å²) in [7, 11) is 0. The molecule has 5 rings (SSSR count). The van der Waals surface area contributed by atoms with Crippen molar-refractivity contribution in [1.29, 1.82) is 0 Å². The molecule has 3 aromatic rings. The molecule has 164 valence electrons. The highest BCUT2D eigenvalue weighted by atomic mass is 19.1. The van der Waals surface area contributed by atoms with Crippen LogP contribution in [0, 0.1) is 18.6 Å². The van der Waals surface area contributed by atoms with Gasteiger partial charge >= 0.3 is 0 Å². The minimum atomic E-state index is -0.725. The lowest BCUT2D eigenvalue weighted by atomic mass is 9.78. The first kappa shape index (κ1) is 20.4. The Kier molecular flexibility index (Phi) is 4.80. The van der Waals surface area contributed by atoms with E-state index in [4.69, 9.17) is 0 Å². The molecule has 2 aliphatic rings. The molecule has 8 heteroatoms. The third-order valence-electron chi connectivity index (χ3n) is 6.56. The third kappa shape index (κ3) is 3.09. The lowest BCUT2D eigenvalue weighted by Gasteiger charge is -2.43. The standard InChI is InChI=1S/C24H21F2N3O3/c1-13-11-16(26)8-9-17(13)20(14-4-6-15(25)7-5-14)21-18-3-2-10-28(18)24(32)22-23(31)19(30)12-27-29(21)22/h4-9,11-12,18,20-21,31H,2-3,10H2,1H3/t18-,20?,21-/m1/s1. The average molecular weight is 437 g/mol. The Balaban J connectivity index is 1.79. The number of hydrogen-bond donors (Lipinski definition) is 1. The van der Waals surface area contributed by atoms with Crippen LogP contribution in [0.4, 0.5) is 8.78 Å². The normalized spacial score (nSPS) is 20.7. The highest BCUT2D eigenvalue weighted by Crippen LogP contribution is 2.46. The largest absolute Gasteiger partial charge is 0.502 e. The van der Waals surface area contributed by atoms with Crippen molar-refractivity contribution in [2.45, 2.75) is 37.8 Å². The van der Waals surface area contributed by atoms with Gasteiger partial charge < -0.3 is 10.0 Å². The topological polar surface area (TPSA) is 75.4 Å². The molecule has 3 atom stereocenters. The summed E-state index contributed by atoms with van der Waals surface area (Å²) >= 11 is 0. The lowest BCUT2D eigenvalue weighted by molar-refractivity contribution is 0.0565. The summed E-state index contributed by atoms with van der Waals surface area (Å²) in [6, 6.07) is 9.82. The molecule has 1 fully saturated rings. The molecular formula is C24H21F2N3O3. The molecule has 0 radical (unpaired) electrons. The average Bonchev–Trinajstić information content (AvgIpc) is 3.25. The van der Waals surface area contributed by atoms with Crippen LogP contribution in [-0.4, -0.2) is 38.3 Å². The number of nitrogens with zero attached hydrogens (tertiary/aromatic N) is 3. The van der Waals surface area contributed by atoms with Crippen molar-refractivity contribution < 1.29 is 18.7 Å². The number of benzene rings is 2. The predicted molar refractivity (Wildman–Crippen MR) is 113 cm³/mol. The van der Waals surface area contributed by atoms with Gasteiger partial charge in [-0.2, -0.15) is 5.10 Å². The summed E-state index contributed by atoms with van der Waals surface area (Å²) in [6.45, 7) is 2.30. The smallest absolute Gasteiger partial charge is 0.276 e. The van der Waals surface area contributed by atoms with Gasteiger partial charge in [-0.1, -0.05) is 18.2 Å². The molecule has 32 heavy (non-hydrogen) atoms. The third-order valence-corrected chi connectivity index (χ3v) is 6.56. The first-order chi connectivity index (χ1) is 15.4. The molecule has 2 aliphatic heterocycles. The van der Waals surface area contributed by atoms with E-state index < -0.39 is 29.0 Å². The second kappa shape index (κ2) is 7.55. The second-order valence-electron chi connectivity index (χ2n) is 8.38. The van der Waals surface area contributed by atoms with E-state index in [9.17, 15) is 23.5 Å². The molecule has 1 aromatic heterocycles. The number of rotatable bonds is 3. The van der Waals surface area contributed by atoms with E-state index in [1.54, 1.807) is 30.0 Å². The van der Waals surface area contributed by atoms with E-state index >= 15 is 0 Å². The van der Waals surface area contributed by atoms with Gasteiger partial charge in [0.2, 0.25) is 5.43 Å². The molecule has 1 saturated heterocycles. The number of carbonyl (C=O) groups is 1. The van der Waals surface area contributed by atoms with E-state index in [0.717, 1.165) is 23.7 Å². The Hall–Kier alpha value is -3.55. The molecule has 1 unspecified atom stereocenters. The van der Waals surface area contributed by atoms with E-state index in [0.29, 0.717) is 18.5 Å². The number of amides is 1. The van der Waals surface area contributed by atoms with Gasteiger partial charge in [-0.15, -0.1) is 0 Å². The summed E-state index contributed by atoms with van der Waals surface area (Å²) in [4.78, 5) is 26.9. The van der Waals surface area contributed by atoms with E-state index in [1.165, 1.54) is 28.9 Å². The van der Waals surface area contributed by atoms with Crippen molar-refractivity contribution in [3.8, 4) is 5.75 Å². The Morgan fingerprint density at radius 2 is 1.81 bits per heavy atom. The Morgan fingerprint density at radius 1 is 1.09 bits per heavy atom. The molecule has 6 nitrogen and oxygen atoms in total. The van der Waals surface area contributed by atoms with Gasteiger partial charge in [0.25, 0.3) is 5.91 Å². The molecule has 0 aliphatic carbocycles. The van der Waals surface area contributed by atoms with Crippen LogP contribution in [0.15, 0.2) is 53.5 Å². The van der Waals surface area contributed by atoms with Gasteiger partial charge in [0.05, 0.1) is 18.3 Å². The van der Waals surface area contributed by atoms with Crippen LogP contribution in [0.3, 0.4) is 0 Å². The Morgan fingerprint density at radius 3 is 2.53 bits per heavy atom. The summed E-state index contributed by atoms with van der Waals surface area (Å²) < 4.78 is 29.1. The zero-order valence-corrected chi connectivity index (χ0v) is 17.3. The molecule has 0 saturated carbocycles. The summed E-state index contributed by atoms with van der Waals surface area (Å²) in [6.07, 6.45) is 2.48. The van der Waals surface area contributed by atoms with Gasteiger partial charge in [-0.05, 0) is 60.7 Å². The van der Waals surface area contributed by atoms with Crippen LogP contribution >= 0.6 is 0 Å². The van der Waals surface area contributed by atoms with Crippen LogP contribution in [0.1, 0.15) is 52.0 Å². The Bertz CT molecular complexity index is 1270.